The number of amides is 2. The summed E-state index contributed by atoms with van der Waals surface area (Å²) in [5, 5.41) is 6.85. The number of rotatable bonds is 10. The van der Waals surface area contributed by atoms with Gasteiger partial charge in [0.1, 0.15) is 12.3 Å². The summed E-state index contributed by atoms with van der Waals surface area (Å²) in [5.41, 5.74) is 1.59. The van der Waals surface area contributed by atoms with Gasteiger partial charge in [-0.2, -0.15) is 0 Å². The molecule has 0 aliphatic carbocycles. The Morgan fingerprint density at radius 3 is 2.65 bits per heavy atom. The van der Waals surface area contributed by atoms with E-state index in [1.807, 2.05) is 18.2 Å². The van der Waals surface area contributed by atoms with Crippen LogP contribution in [0.3, 0.4) is 0 Å². The summed E-state index contributed by atoms with van der Waals surface area (Å²) in [6.45, 7) is 0.952. The van der Waals surface area contributed by atoms with Crippen molar-refractivity contribution in [3.63, 3.8) is 0 Å². The van der Waals surface area contributed by atoms with Crippen molar-refractivity contribution in [3.05, 3.63) is 66.0 Å². The monoisotopic (exact) mass is 524 g/mol. The maximum absolute atomic E-state index is 13.4. The predicted molar refractivity (Wildman–Crippen MR) is 139 cm³/mol. The third kappa shape index (κ3) is 6.35. The number of methoxy groups -OCH3 is 3. The fourth-order valence-corrected chi connectivity index (χ4v) is 4.24. The van der Waals surface area contributed by atoms with Crippen LogP contribution in [0.2, 0.25) is 0 Å². The molecule has 2 amide bonds. The Labute approximate surface area is 217 Å². The third-order valence-corrected chi connectivity index (χ3v) is 6.12. The number of carbonyl (C=O) groups excluding carboxylic acids is 2. The van der Waals surface area contributed by atoms with Gasteiger partial charge in [-0.25, -0.2) is 4.99 Å². The Balaban J connectivity index is 1.52. The molecule has 1 aliphatic rings. The van der Waals surface area contributed by atoms with Gasteiger partial charge in [0.2, 0.25) is 17.7 Å². The highest BCUT2D eigenvalue weighted by Crippen LogP contribution is 2.32. The molecule has 2 heterocycles. The van der Waals surface area contributed by atoms with Gasteiger partial charge in [0.05, 0.1) is 25.7 Å². The van der Waals surface area contributed by atoms with E-state index < -0.39 is 0 Å². The van der Waals surface area contributed by atoms with Gasteiger partial charge in [-0.1, -0.05) is 36.0 Å². The molecule has 0 fully saturated rings. The van der Waals surface area contributed by atoms with E-state index in [2.05, 4.69) is 15.6 Å². The van der Waals surface area contributed by atoms with Gasteiger partial charge in [-0.05, 0) is 40.6 Å². The molecule has 37 heavy (non-hydrogen) atoms. The molecule has 0 unspecified atom stereocenters. The number of anilines is 2. The molecule has 1 N–H and O–H groups in total. The molecule has 0 spiro atoms. The van der Waals surface area contributed by atoms with E-state index in [1.165, 1.54) is 9.58 Å². The SMILES string of the molecule is COCC[n+]1cc(NC(=O)CSC2=N/C(=C/c3ccc(OC)c(OC)c3)C(=O)N2c2ccccc2)on1. The second-order valence-electron chi connectivity index (χ2n) is 7.67. The molecular formula is C25H26N5O6S+. The van der Waals surface area contributed by atoms with Crippen LogP contribution in [0.15, 0.2) is 69.9 Å². The van der Waals surface area contributed by atoms with Crippen LogP contribution in [0.5, 0.6) is 11.5 Å². The van der Waals surface area contributed by atoms with Crippen molar-refractivity contribution in [1.29, 1.82) is 0 Å². The molecule has 0 atom stereocenters. The highest BCUT2D eigenvalue weighted by Gasteiger charge is 2.32. The first-order valence-electron chi connectivity index (χ1n) is 11.2. The lowest BCUT2D eigenvalue weighted by atomic mass is 10.1. The van der Waals surface area contributed by atoms with E-state index in [4.69, 9.17) is 18.7 Å². The van der Waals surface area contributed by atoms with Crippen LogP contribution in [0.1, 0.15) is 5.56 Å². The molecule has 4 rings (SSSR count). The molecular weight excluding hydrogens is 498 g/mol. The Hall–Kier alpha value is -4.16. The molecule has 12 heteroatoms. The van der Waals surface area contributed by atoms with Gasteiger partial charge < -0.3 is 14.2 Å². The maximum atomic E-state index is 13.4. The third-order valence-electron chi connectivity index (χ3n) is 5.18. The minimum atomic E-state index is -0.333. The molecule has 2 aromatic carbocycles. The van der Waals surface area contributed by atoms with Crippen molar-refractivity contribution in [3.8, 4) is 11.5 Å². The number of aromatic nitrogens is 2. The Bertz CT molecular complexity index is 1320. The van der Waals surface area contributed by atoms with E-state index in [1.54, 1.807) is 63.9 Å². The van der Waals surface area contributed by atoms with Crippen molar-refractivity contribution >= 4 is 46.4 Å². The first-order valence-corrected chi connectivity index (χ1v) is 12.2. The van der Waals surface area contributed by atoms with Crippen molar-refractivity contribution < 1.29 is 33.0 Å². The van der Waals surface area contributed by atoms with Crippen LogP contribution < -0.4 is 24.4 Å². The largest absolute Gasteiger partial charge is 0.493 e. The van der Waals surface area contributed by atoms with Gasteiger partial charge >= 0.3 is 5.88 Å². The summed E-state index contributed by atoms with van der Waals surface area (Å²) in [6.07, 6.45) is 3.24. The zero-order valence-corrected chi connectivity index (χ0v) is 21.4. The number of para-hydroxylation sites is 1. The highest BCUT2D eigenvalue weighted by atomic mass is 32.2. The number of ether oxygens (including phenoxy) is 3. The molecule has 0 radical (unpaired) electrons. The van der Waals surface area contributed by atoms with Gasteiger partial charge in [0.25, 0.3) is 12.1 Å². The van der Waals surface area contributed by atoms with Crippen LogP contribution >= 0.6 is 11.8 Å². The molecule has 0 bridgehead atoms. The van der Waals surface area contributed by atoms with Crippen molar-refractivity contribution in [2.24, 2.45) is 4.99 Å². The lowest BCUT2D eigenvalue weighted by Crippen LogP contribution is -2.36. The van der Waals surface area contributed by atoms with Gasteiger partial charge in [-0.15, -0.1) is 0 Å². The fraction of sp³-hybridized carbons (Fsp3) is 0.240. The second kappa shape index (κ2) is 12.2. The fourth-order valence-electron chi connectivity index (χ4n) is 3.43. The van der Waals surface area contributed by atoms with Crippen molar-refractivity contribution in [2.75, 3.05) is 43.9 Å². The summed E-state index contributed by atoms with van der Waals surface area (Å²) in [5.74, 6) is 0.681. The molecule has 11 nitrogen and oxygen atoms in total. The first kappa shape index (κ1) is 25.9. The lowest BCUT2D eigenvalue weighted by Gasteiger charge is -2.17. The number of thioether (sulfide) groups is 1. The smallest absolute Gasteiger partial charge is 0.302 e. The number of aliphatic imine (C=N–C) groups is 1. The molecule has 192 valence electrons. The summed E-state index contributed by atoms with van der Waals surface area (Å²) in [7, 11) is 4.69. The lowest BCUT2D eigenvalue weighted by molar-refractivity contribution is -0.763. The zero-order valence-electron chi connectivity index (χ0n) is 20.5. The Morgan fingerprint density at radius 2 is 1.92 bits per heavy atom. The molecule has 0 saturated carbocycles. The van der Waals surface area contributed by atoms with Crippen molar-refractivity contribution in [1.82, 2.24) is 5.27 Å². The number of amidine groups is 1. The first-order chi connectivity index (χ1) is 18.0. The van der Waals surface area contributed by atoms with Crippen LogP contribution in [-0.2, 0) is 20.9 Å². The van der Waals surface area contributed by atoms with Crippen LogP contribution in [0.25, 0.3) is 6.08 Å². The summed E-state index contributed by atoms with van der Waals surface area (Å²) in [6, 6.07) is 14.5. The van der Waals surface area contributed by atoms with E-state index >= 15 is 0 Å². The number of nitrogens with one attached hydrogen (secondary N) is 1. The summed E-state index contributed by atoms with van der Waals surface area (Å²) < 4.78 is 22.3. The zero-order chi connectivity index (χ0) is 26.2. The molecule has 1 aliphatic heterocycles. The highest BCUT2D eigenvalue weighted by molar-refractivity contribution is 8.14. The van der Waals surface area contributed by atoms with Gasteiger partial charge in [0.15, 0.2) is 16.7 Å². The van der Waals surface area contributed by atoms with Crippen LogP contribution in [0, 0.1) is 0 Å². The second-order valence-corrected chi connectivity index (χ2v) is 8.62. The molecule has 0 saturated heterocycles. The standard InChI is InChI=1S/C25H25N5O6S/c1-33-12-11-29-15-23(36-28-29)27-22(31)16-37-25-26-19(24(32)30(25)18-7-5-4-6-8-18)13-17-9-10-20(34-2)21(14-17)35-3/h4-10,13-15H,11-12,16H2,1-3H3/p+1/b19-13+. The Kier molecular flexibility index (Phi) is 8.54. The number of benzene rings is 2. The van der Waals surface area contributed by atoms with Crippen molar-refractivity contribution in [2.45, 2.75) is 6.54 Å². The average molecular weight is 525 g/mol. The van der Waals surface area contributed by atoms with Crippen LogP contribution in [0.4, 0.5) is 11.6 Å². The number of nitrogens with zero attached hydrogens (tertiary/aromatic N) is 4. The topological polar surface area (TPSA) is 119 Å². The minimum absolute atomic E-state index is 0.00213. The summed E-state index contributed by atoms with van der Waals surface area (Å²) in [4.78, 5) is 32.0. The van der Waals surface area contributed by atoms with Gasteiger partial charge in [-0.3, -0.25) is 24.3 Å². The normalized spacial score (nSPS) is 14.1. The average Bonchev–Trinajstić information content (AvgIpc) is 3.49. The Morgan fingerprint density at radius 1 is 1.14 bits per heavy atom. The number of hydrogen-bond acceptors (Lipinski definition) is 9. The maximum Gasteiger partial charge on any atom is 0.302 e. The number of carbonyl (C=O) groups is 2. The van der Waals surface area contributed by atoms with Gasteiger partial charge in [0, 0.05) is 7.11 Å². The van der Waals surface area contributed by atoms with E-state index in [9.17, 15) is 9.59 Å². The van der Waals surface area contributed by atoms with E-state index in [0.29, 0.717) is 41.1 Å². The minimum Gasteiger partial charge on any atom is -0.493 e. The molecule has 3 aromatic rings. The predicted octanol–water partition coefficient (Wildman–Crippen LogP) is 2.74. The molecule has 1 aromatic heterocycles. The quantitative estimate of drug-likeness (QED) is 0.318. The van der Waals surface area contributed by atoms with E-state index in [-0.39, 0.29) is 29.1 Å². The van der Waals surface area contributed by atoms with E-state index in [0.717, 1.165) is 11.8 Å². The van der Waals surface area contributed by atoms with Crippen LogP contribution in [-0.4, -0.2) is 55.9 Å². The summed E-state index contributed by atoms with van der Waals surface area (Å²) >= 11 is 1.14. The number of hydrogen-bond donors (Lipinski definition) is 1.